The molecule has 1 saturated heterocycles. The molecule has 0 atom stereocenters. The Bertz CT molecular complexity index is 1660. The summed E-state index contributed by atoms with van der Waals surface area (Å²) in [5.41, 5.74) is 9.03. The Kier molecular flexibility index (Phi) is 6.78. The van der Waals surface area contributed by atoms with E-state index in [-0.39, 0.29) is 22.3 Å². The minimum absolute atomic E-state index is 0.0134. The van der Waals surface area contributed by atoms with Gasteiger partial charge < -0.3 is 20.1 Å². The summed E-state index contributed by atoms with van der Waals surface area (Å²) >= 11 is 0. The summed E-state index contributed by atoms with van der Waals surface area (Å²) in [6, 6.07) is 14.1. The molecule has 1 aliphatic rings. The number of nitrogens with two attached hydrogens (primary N) is 1. The fourth-order valence-electron chi connectivity index (χ4n) is 4.39. The van der Waals surface area contributed by atoms with Crippen LogP contribution in [0, 0.1) is 0 Å². The molecule has 1 fully saturated rings. The Morgan fingerprint density at radius 2 is 1.68 bits per heavy atom. The molecule has 0 saturated carbocycles. The van der Waals surface area contributed by atoms with Crippen molar-refractivity contribution in [2.45, 2.75) is 4.90 Å². The van der Waals surface area contributed by atoms with Crippen LogP contribution in [0.4, 0.5) is 11.6 Å². The fourth-order valence-corrected chi connectivity index (χ4v) is 5.42. The number of nitrogens with zero attached hydrogens (tertiary/aromatic N) is 5. The first-order chi connectivity index (χ1) is 18.2. The topological polar surface area (TPSA) is 133 Å². The van der Waals surface area contributed by atoms with Crippen LogP contribution in [-0.2, 0) is 14.8 Å². The van der Waals surface area contributed by atoms with E-state index in [4.69, 9.17) is 15.2 Å². The van der Waals surface area contributed by atoms with Gasteiger partial charge in [0, 0.05) is 44.6 Å². The number of sulfonamides is 1. The number of ether oxygens (including phenoxy) is 2. The Morgan fingerprint density at radius 3 is 2.34 bits per heavy atom. The number of rotatable bonds is 6. The summed E-state index contributed by atoms with van der Waals surface area (Å²) in [5.74, 6) is 0.0559. The number of nitrogen functional groups attached to an aromatic ring is 1. The van der Waals surface area contributed by atoms with Gasteiger partial charge in [0.2, 0.25) is 21.9 Å². The standard InChI is InChI=1S/C26H28N6O5S/c1-30(2)38(34,35)23-15-18(16-28-24(23)36-3)17-4-9-22-21(14-17)25(33)32(26(27)29-22)20-7-5-19(6-8-20)31-10-12-37-13-11-31/h4-9,14-16H,10-13H2,1-3H3,(H2,27,29). The zero-order valence-electron chi connectivity index (χ0n) is 21.3. The molecule has 0 radical (unpaired) electrons. The minimum Gasteiger partial charge on any atom is -0.480 e. The summed E-state index contributed by atoms with van der Waals surface area (Å²) in [6.07, 6.45) is 1.50. The molecule has 2 N–H and O–H groups in total. The zero-order valence-corrected chi connectivity index (χ0v) is 22.1. The average Bonchev–Trinajstić information content (AvgIpc) is 2.93. The first-order valence-corrected chi connectivity index (χ1v) is 13.4. The molecule has 2 aromatic carbocycles. The first kappa shape index (κ1) is 25.6. The molecule has 0 bridgehead atoms. The number of hydrogen-bond acceptors (Lipinski definition) is 9. The van der Waals surface area contributed by atoms with Gasteiger partial charge in [-0.05, 0) is 48.0 Å². The third-order valence-corrected chi connectivity index (χ3v) is 8.29. The van der Waals surface area contributed by atoms with Crippen molar-refractivity contribution in [3.63, 3.8) is 0 Å². The SMILES string of the molecule is COc1ncc(-c2ccc3nc(N)n(-c4ccc(N5CCOCC5)cc4)c(=O)c3c2)cc1S(=O)(=O)N(C)C. The van der Waals surface area contributed by atoms with E-state index in [1.807, 2.05) is 24.3 Å². The molecule has 12 heteroatoms. The van der Waals surface area contributed by atoms with Crippen molar-refractivity contribution in [1.82, 2.24) is 18.8 Å². The van der Waals surface area contributed by atoms with Crippen LogP contribution in [0.15, 0.2) is 64.4 Å². The molecule has 0 spiro atoms. The van der Waals surface area contributed by atoms with Gasteiger partial charge in [-0.2, -0.15) is 0 Å². The van der Waals surface area contributed by atoms with Gasteiger partial charge in [0.25, 0.3) is 5.56 Å². The summed E-state index contributed by atoms with van der Waals surface area (Å²) in [6.45, 7) is 2.97. The van der Waals surface area contributed by atoms with E-state index in [1.165, 1.54) is 38.0 Å². The second-order valence-electron chi connectivity index (χ2n) is 8.98. The Hall–Kier alpha value is -4.00. The quantitative estimate of drug-likeness (QED) is 0.393. The maximum Gasteiger partial charge on any atom is 0.267 e. The molecule has 5 rings (SSSR count). The summed E-state index contributed by atoms with van der Waals surface area (Å²) in [5, 5.41) is 0.335. The van der Waals surface area contributed by atoms with Crippen LogP contribution < -0.4 is 20.9 Å². The van der Waals surface area contributed by atoms with Crippen LogP contribution in [0.25, 0.3) is 27.7 Å². The minimum atomic E-state index is -3.82. The highest BCUT2D eigenvalue weighted by Gasteiger charge is 2.24. The van der Waals surface area contributed by atoms with Crippen LogP contribution in [-0.4, -0.2) is 74.8 Å². The van der Waals surface area contributed by atoms with Gasteiger partial charge in [0.15, 0.2) is 0 Å². The first-order valence-electron chi connectivity index (χ1n) is 11.9. The summed E-state index contributed by atoms with van der Waals surface area (Å²) in [7, 11) is 0.408. The molecule has 198 valence electrons. The second kappa shape index (κ2) is 10.0. The number of aromatic nitrogens is 3. The van der Waals surface area contributed by atoms with Crippen molar-refractivity contribution in [2.75, 3.05) is 58.1 Å². The van der Waals surface area contributed by atoms with E-state index in [0.717, 1.165) is 23.1 Å². The Balaban J connectivity index is 1.58. The van der Waals surface area contributed by atoms with Crippen molar-refractivity contribution < 1.29 is 17.9 Å². The monoisotopic (exact) mass is 536 g/mol. The molecule has 0 amide bonds. The van der Waals surface area contributed by atoms with Gasteiger partial charge in [-0.15, -0.1) is 0 Å². The lowest BCUT2D eigenvalue weighted by Crippen LogP contribution is -2.36. The van der Waals surface area contributed by atoms with Crippen molar-refractivity contribution in [3.05, 3.63) is 65.1 Å². The molecule has 38 heavy (non-hydrogen) atoms. The van der Waals surface area contributed by atoms with Crippen LogP contribution in [0.5, 0.6) is 5.88 Å². The number of pyridine rings is 1. The average molecular weight is 537 g/mol. The van der Waals surface area contributed by atoms with Crippen molar-refractivity contribution in [3.8, 4) is 22.7 Å². The molecule has 0 unspecified atom stereocenters. The predicted octanol–water partition coefficient (Wildman–Crippen LogP) is 2.13. The van der Waals surface area contributed by atoms with Crippen molar-refractivity contribution >= 4 is 32.6 Å². The maximum atomic E-state index is 13.6. The molecule has 1 aliphatic heterocycles. The molecule has 4 aromatic rings. The van der Waals surface area contributed by atoms with Crippen molar-refractivity contribution in [2.24, 2.45) is 0 Å². The largest absolute Gasteiger partial charge is 0.480 e. The van der Waals surface area contributed by atoms with Gasteiger partial charge in [-0.1, -0.05) is 6.07 Å². The number of anilines is 2. The molecule has 0 aliphatic carbocycles. The predicted molar refractivity (Wildman–Crippen MR) is 145 cm³/mol. The van der Waals surface area contributed by atoms with Crippen LogP contribution in [0.3, 0.4) is 0 Å². The van der Waals surface area contributed by atoms with Crippen LogP contribution >= 0.6 is 0 Å². The lowest BCUT2D eigenvalue weighted by molar-refractivity contribution is 0.122. The highest BCUT2D eigenvalue weighted by Crippen LogP contribution is 2.30. The number of morpholine rings is 1. The zero-order chi connectivity index (χ0) is 27.0. The van der Waals surface area contributed by atoms with E-state index in [1.54, 1.807) is 18.2 Å². The molecular weight excluding hydrogens is 508 g/mol. The summed E-state index contributed by atoms with van der Waals surface area (Å²) in [4.78, 5) is 24.4. The number of methoxy groups -OCH3 is 1. The van der Waals surface area contributed by atoms with Gasteiger partial charge >= 0.3 is 0 Å². The highest BCUT2D eigenvalue weighted by molar-refractivity contribution is 7.89. The van der Waals surface area contributed by atoms with E-state index in [0.29, 0.717) is 40.9 Å². The van der Waals surface area contributed by atoms with E-state index in [2.05, 4.69) is 14.9 Å². The van der Waals surface area contributed by atoms with E-state index >= 15 is 0 Å². The molecule has 3 heterocycles. The van der Waals surface area contributed by atoms with Crippen LogP contribution in [0.1, 0.15) is 0 Å². The lowest BCUT2D eigenvalue weighted by Gasteiger charge is -2.29. The van der Waals surface area contributed by atoms with E-state index < -0.39 is 10.0 Å². The second-order valence-corrected chi connectivity index (χ2v) is 11.1. The maximum absolute atomic E-state index is 13.6. The molecular formula is C26H28N6O5S. The summed E-state index contributed by atoms with van der Waals surface area (Å²) < 4.78 is 38.7. The highest BCUT2D eigenvalue weighted by atomic mass is 32.2. The fraction of sp³-hybridized carbons (Fsp3) is 0.269. The molecule has 11 nitrogen and oxygen atoms in total. The van der Waals surface area contributed by atoms with Gasteiger partial charge in [0.05, 0.1) is 36.9 Å². The third-order valence-electron chi connectivity index (χ3n) is 6.48. The normalized spacial score (nSPS) is 14.3. The number of hydrogen-bond donors (Lipinski definition) is 1. The van der Waals surface area contributed by atoms with E-state index in [9.17, 15) is 13.2 Å². The van der Waals surface area contributed by atoms with Gasteiger partial charge in [0.1, 0.15) is 4.90 Å². The number of fused-ring (bicyclic) bond motifs is 1. The smallest absolute Gasteiger partial charge is 0.267 e. The molecule has 2 aromatic heterocycles. The lowest BCUT2D eigenvalue weighted by atomic mass is 10.1. The van der Waals surface area contributed by atoms with Crippen molar-refractivity contribution in [1.29, 1.82) is 0 Å². The Morgan fingerprint density at radius 1 is 1.00 bits per heavy atom. The Labute approximate surface area is 220 Å². The van der Waals surface area contributed by atoms with Crippen LogP contribution in [0.2, 0.25) is 0 Å². The number of benzene rings is 2. The van der Waals surface area contributed by atoms with Gasteiger partial charge in [-0.25, -0.2) is 27.3 Å². The van der Waals surface area contributed by atoms with Gasteiger partial charge in [-0.3, -0.25) is 4.79 Å². The third kappa shape index (κ3) is 4.57.